The van der Waals surface area contributed by atoms with Crippen LogP contribution in [-0.2, 0) is 9.59 Å². The molecule has 0 unspecified atom stereocenters. The molecule has 0 spiro atoms. The van der Waals surface area contributed by atoms with Crippen LogP contribution in [0.2, 0.25) is 0 Å². The maximum atomic E-state index is 12.3. The molecule has 0 aromatic carbocycles. The summed E-state index contributed by atoms with van der Waals surface area (Å²) >= 11 is 0. The number of carbonyl (C=O) groups excluding carboxylic acids is 2. The van der Waals surface area contributed by atoms with E-state index < -0.39 is 23.9 Å². The minimum atomic E-state index is -1.07. The number of urea groups is 1. The lowest BCUT2D eigenvalue weighted by Gasteiger charge is -2.30. The van der Waals surface area contributed by atoms with Crippen molar-refractivity contribution < 1.29 is 19.5 Å². The lowest BCUT2D eigenvalue weighted by atomic mass is 9.99. The molecule has 1 aliphatic rings. The second-order valence-corrected chi connectivity index (χ2v) is 5.68. The number of carboxylic acid groups (broad SMARTS) is 1. The van der Waals surface area contributed by atoms with Crippen molar-refractivity contribution in [3.63, 3.8) is 0 Å². The molecule has 7 nitrogen and oxygen atoms in total. The fourth-order valence-electron chi connectivity index (χ4n) is 2.65. The van der Waals surface area contributed by atoms with Crippen molar-refractivity contribution in [3.8, 4) is 0 Å². The van der Waals surface area contributed by atoms with Crippen LogP contribution < -0.4 is 11.1 Å². The van der Waals surface area contributed by atoms with Gasteiger partial charge in [0.1, 0.15) is 12.6 Å². The third-order valence-corrected chi connectivity index (χ3v) is 4.11. The number of nitrogens with two attached hydrogens (primary N) is 1. The molecule has 120 valence electrons. The van der Waals surface area contributed by atoms with Gasteiger partial charge in [-0.1, -0.05) is 33.1 Å². The van der Waals surface area contributed by atoms with Gasteiger partial charge in [0.2, 0.25) is 5.91 Å². The first-order chi connectivity index (χ1) is 9.86. The van der Waals surface area contributed by atoms with Crippen LogP contribution in [0, 0.1) is 5.92 Å². The van der Waals surface area contributed by atoms with Gasteiger partial charge in [-0.05, 0) is 18.8 Å². The fourth-order valence-corrected chi connectivity index (χ4v) is 2.65. The Bertz CT molecular complexity index is 394. The highest BCUT2D eigenvalue weighted by molar-refractivity contribution is 5.86. The predicted octanol–water partition coefficient (Wildman–Crippen LogP) is 0.925. The maximum Gasteiger partial charge on any atom is 0.326 e. The third-order valence-electron chi connectivity index (χ3n) is 4.11. The average Bonchev–Trinajstić information content (AvgIpc) is 2.94. The highest BCUT2D eigenvalue weighted by atomic mass is 16.4. The van der Waals surface area contributed by atoms with E-state index in [1.807, 2.05) is 6.92 Å². The molecule has 3 amide bonds. The molecule has 1 rings (SSSR count). The lowest BCUT2D eigenvalue weighted by molar-refractivity contribution is -0.140. The lowest BCUT2D eigenvalue weighted by Crippen LogP contribution is -2.54. The summed E-state index contributed by atoms with van der Waals surface area (Å²) in [5.74, 6) is -1.85. The van der Waals surface area contributed by atoms with Crippen LogP contribution >= 0.6 is 0 Å². The minimum Gasteiger partial charge on any atom is -0.480 e. The van der Waals surface area contributed by atoms with Crippen LogP contribution in [0.5, 0.6) is 0 Å². The van der Waals surface area contributed by atoms with E-state index in [0.29, 0.717) is 6.42 Å². The Kier molecular flexibility index (Phi) is 6.45. The van der Waals surface area contributed by atoms with Crippen molar-refractivity contribution >= 4 is 17.9 Å². The third kappa shape index (κ3) is 4.91. The molecule has 1 aliphatic carbocycles. The molecule has 7 heteroatoms. The van der Waals surface area contributed by atoms with E-state index in [0.717, 1.165) is 25.7 Å². The van der Waals surface area contributed by atoms with Crippen molar-refractivity contribution in [3.05, 3.63) is 0 Å². The molecule has 4 N–H and O–H groups in total. The van der Waals surface area contributed by atoms with Crippen LogP contribution in [0.25, 0.3) is 0 Å². The van der Waals surface area contributed by atoms with Crippen molar-refractivity contribution in [1.82, 2.24) is 10.2 Å². The number of primary amides is 1. The molecule has 0 saturated heterocycles. The van der Waals surface area contributed by atoms with Crippen molar-refractivity contribution in [1.29, 1.82) is 0 Å². The van der Waals surface area contributed by atoms with E-state index in [-0.39, 0.29) is 18.5 Å². The van der Waals surface area contributed by atoms with Crippen LogP contribution in [0.4, 0.5) is 4.79 Å². The fraction of sp³-hybridized carbons (Fsp3) is 0.786. The number of carbonyl (C=O) groups is 3. The molecule has 1 fully saturated rings. The second-order valence-electron chi connectivity index (χ2n) is 5.68. The van der Waals surface area contributed by atoms with Gasteiger partial charge in [-0.15, -0.1) is 0 Å². The highest BCUT2D eigenvalue weighted by Gasteiger charge is 2.32. The zero-order valence-electron chi connectivity index (χ0n) is 12.7. The summed E-state index contributed by atoms with van der Waals surface area (Å²) in [6, 6.07) is -1.52. The summed E-state index contributed by atoms with van der Waals surface area (Å²) in [5, 5.41) is 11.8. The van der Waals surface area contributed by atoms with Crippen molar-refractivity contribution in [2.24, 2.45) is 11.7 Å². The molecule has 0 heterocycles. The standard InChI is InChI=1S/C14H25N3O4/c1-3-9(2)12(13(19)20)16-14(21)17(8-11(15)18)10-6-4-5-7-10/h9-10,12H,3-8H2,1-2H3,(H2,15,18)(H,16,21)(H,19,20)/t9-,12-/m0/s1. The maximum absolute atomic E-state index is 12.3. The summed E-state index contributed by atoms with van der Waals surface area (Å²) in [4.78, 5) is 36.2. The topological polar surface area (TPSA) is 113 Å². The van der Waals surface area contributed by atoms with Crippen molar-refractivity contribution in [2.75, 3.05) is 6.54 Å². The number of nitrogens with zero attached hydrogens (tertiary/aromatic N) is 1. The molecule has 0 radical (unpaired) electrons. The zero-order chi connectivity index (χ0) is 16.0. The van der Waals surface area contributed by atoms with Gasteiger partial charge < -0.3 is 21.1 Å². The predicted molar refractivity (Wildman–Crippen MR) is 77.6 cm³/mol. The summed E-state index contributed by atoms with van der Waals surface area (Å²) in [7, 11) is 0. The van der Waals surface area contributed by atoms with Crippen LogP contribution in [-0.4, -0.2) is 46.5 Å². The van der Waals surface area contributed by atoms with Crippen LogP contribution in [0.3, 0.4) is 0 Å². The van der Waals surface area contributed by atoms with Crippen LogP contribution in [0.1, 0.15) is 46.0 Å². The Morgan fingerprint density at radius 1 is 1.33 bits per heavy atom. The summed E-state index contributed by atoms with van der Waals surface area (Å²) in [6.45, 7) is 3.46. The molecule has 0 aromatic heterocycles. The Morgan fingerprint density at radius 2 is 1.90 bits per heavy atom. The van der Waals surface area contributed by atoms with Crippen LogP contribution in [0.15, 0.2) is 0 Å². The number of rotatable bonds is 7. The van der Waals surface area contributed by atoms with Crippen molar-refractivity contribution in [2.45, 2.75) is 58.0 Å². The molecule has 1 saturated carbocycles. The molecule has 2 atom stereocenters. The summed E-state index contributed by atoms with van der Waals surface area (Å²) < 4.78 is 0. The molecule has 0 aliphatic heterocycles. The Balaban J connectivity index is 2.78. The molecule has 21 heavy (non-hydrogen) atoms. The van der Waals surface area contributed by atoms with E-state index in [4.69, 9.17) is 5.73 Å². The molecule has 0 aromatic rings. The van der Waals surface area contributed by atoms with Gasteiger partial charge in [0.05, 0.1) is 0 Å². The van der Waals surface area contributed by atoms with E-state index in [2.05, 4.69) is 5.32 Å². The summed E-state index contributed by atoms with van der Waals surface area (Å²) in [5.41, 5.74) is 5.20. The average molecular weight is 299 g/mol. The monoisotopic (exact) mass is 299 g/mol. The van der Waals surface area contributed by atoms with Gasteiger partial charge >= 0.3 is 12.0 Å². The first-order valence-electron chi connectivity index (χ1n) is 7.45. The molecule has 0 bridgehead atoms. The SMILES string of the molecule is CC[C@H](C)[C@H](NC(=O)N(CC(N)=O)C1CCCC1)C(=O)O. The van der Waals surface area contributed by atoms with E-state index in [9.17, 15) is 19.5 Å². The number of carboxylic acids is 1. The van der Waals surface area contributed by atoms with Gasteiger partial charge in [0.15, 0.2) is 0 Å². The van der Waals surface area contributed by atoms with Gasteiger partial charge in [0, 0.05) is 6.04 Å². The van der Waals surface area contributed by atoms with Gasteiger partial charge in [0.25, 0.3) is 0 Å². The van der Waals surface area contributed by atoms with E-state index in [1.165, 1.54) is 4.90 Å². The minimum absolute atomic E-state index is 0.0381. The number of hydrogen-bond acceptors (Lipinski definition) is 3. The first-order valence-corrected chi connectivity index (χ1v) is 7.45. The molecular formula is C14H25N3O4. The normalized spacial score (nSPS) is 18.0. The zero-order valence-corrected chi connectivity index (χ0v) is 12.7. The number of nitrogens with one attached hydrogen (secondary N) is 1. The largest absolute Gasteiger partial charge is 0.480 e. The second kappa shape index (κ2) is 7.85. The summed E-state index contributed by atoms with van der Waals surface area (Å²) in [6.07, 6.45) is 4.28. The Hall–Kier alpha value is -1.79. The highest BCUT2D eigenvalue weighted by Crippen LogP contribution is 2.23. The van der Waals surface area contributed by atoms with Gasteiger partial charge in [-0.3, -0.25) is 4.79 Å². The number of amides is 3. The van der Waals surface area contributed by atoms with E-state index >= 15 is 0 Å². The number of hydrogen-bond donors (Lipinski definition) is 3. The smallest absolute Gasteiger partial charge is 0.326 e. The van der Waals surface area contributed by atoms with E-state index in [1.54, 1.807) is 6.92 Å². The Labute approximate surface area is 124 Å². The quantitative estimate of drug-likeness (QED) is 0.649. The molecular weight excluding hydrogens is 274 g/mol. The van der Waals surface area contributed by atoms with Gasteiger partial charge in [-0.25, -0.2) is 9.59 Å². The van der Waals surface area contributed by atoms with Gasteiger partial charge in [-0.2, -0.15) is 0 Å². The first kappa shape index (κ1) is 17.3. The number of aliphatic carboxylic acids is 1. The Morgan fingerprint density at radius 3 is 2.33 bits per heavy atom.